The monoisotopic (exact) mass is 541 g/mol. The number of likely N-dealkylation sites (tertiary alicyclic amines) is 1. The summed E-state index contributed by atoms with van der Waals surface area (Å²) in [5.41, 5.74) is 1.02. The molecular weight excluding hydrogens is 510 g/mol. The zero-order valence-electron chi connectivity index (χ0n) is 22.2. The Labute approximate surface area is 230 Å². The van der Waals surface area contributed by atoms with Crippen LogP contribution in [0.3, 0.4) is 0 Å². The van der Waals surface area contributed by atoms with Gasteiger partial charge in [-0.1, -0.05) is 12.1 Å². The Kier molecular flexibility index (Phi) is 4.80. The Morgan fingerprint density at radius 1 is 1.20 bits per heavy atom. The van der Waals surface area contributed by atoms with E-state index in [-0.39, 0.29) is 35.3 Å². The highest BCUT2D eigenvalue weighted by atomic mass is 16.5. The number of phenolic OH excluding ortho intramolecular Hbond substituents is 1. The number of amides is 1. The van der Waals surface area contributed by atoms with Gasteiger partial charge in [0.25, 0.3) is 0 Å². The van der Waals surface area contributed by atoms with Crippen LogP contribution in [0.25, 0.3) is 10.9 Å². The lowest BCUT2D eigenvalue weighted by molar-refractivity contribution is -0.197. The van der Waals surface area contributed by atoms with E-state index in [1.54, 1.807) is 18.2 Å². The van der Waals surface area contributed by atoms with Gasteiger partial charge in [-0.25, -0.2) is 0 Å². The van der Waals surface area contributed by atoms with Crippen LogP contribution in [0.5, 0.6) is 11.5 Å². The number of fused-ring (bicyclic) bond motifs is 1. The number of ether oxygens (including phenoxy) is 1. The molecule has 2 bridgehead atoms. The number of aromatic hydroxyl groups is 1. The second-order valence-electron chi connectivity index (χ2n) is 12.5. The lowest BCUT2D eigenvalue weighted by Crippen LogP contribution is -2.78. The number of hydrogen-bond acceptors (Lipinski definition) is 7. The number of benzene rings is 2. The number of aromatic nitrogens is 1. The summed E-state index contributed by atoms with van der Waals surface area (Å²) in [6.45, 7) is 3.48. The molecular formula is C31H31N3O6. The van der Waals surface area contributed by atoms with E-state index in [4.69, 9.17) is 4.74 Å². The molecule has 2 aliphatic heterocycles. The first-order valence-electron chi connectivity index (χ1n) is 14.2. The number of hydrogen-bond donors (Lipinski definition) is 4. The summed E-state index contributed by atoms with van der Waals surface area (Å²) >= 11 is 0. The van der Waals surface area contributed by atoms with E-state index in [9.17, 15) is 24.6 Å². The molecule has 9 nitrogen and oxygen atoms in total. The predicted molar refractivity (Wildman–Crippen MR) is 147 cm³/mol. The number of nitrogens with one attached hydrogen (secondary N) is 2. The van der Waals surface area contributed by atoms with E-state index in [1.165, 1.54) is 18.9 Å². The van der Waals surface area contributed by atoms with Crippen LogP contribution in [0.15, 0.2) is 41.2 Å². The fourth-order valence-corrected chi connectivity index (χ4v) is 8.27. The lowest BCUT2D eigenvalue weighted by Gasteiger charge is -2.63. The van der Waals surface area contributed by atoms with Gasteiger partial charge in [-0.3, -0.25) is 19.3 Å². The number of ketones is 1. The van der Waals surface area contributed by atoms with Crippen molar-refractivity contribution in [2.75, 3.05) is 18.4 Å². The van der Waals surface area contributed by atoms with Crippen molar-refractivity contribution < 1.29 is 24.5 Å². The fraction of sp³-hybridized carbons (Fsp3) is 0.452. The zero-order chi connectivity index (χ0) is 27.6. The van der Waals surface area contributed by atoms with E-state index >= 15 is 0 Å². The lowest BCUT2D eigenvalue weighted by atomic mass is 9.47. The van der Waals surface area contributed by atoms with Crippen molar-refractivity contribution >= 4 is 28.3 Å². The number of carbonyl (C=O) groups excluding carboxylic acids is 2. The largest absolute Gasteiger partial charge is 0.504 e. The van der Waals surface area contributed by atoms with E-state index in [0.29, 0.717) is 30.0 Å². The van der Waals surface area contributed by atoms with E-state index in [0.717, 1.165) is 35.2 Å². The van der Waals surface area contributed by atoms with Crippen LogP contribution in [0.1, 0.15) is 42.4 Å². The molecule has 1 spiro atoms. The Bertz CT molecular complexity index is 1690. The zero-order valence-corrected chi connectivity index (χ0v) is 22.2. The first-order chi connectivity index (χ1) is 19.2. The number of aliphatic hydroxyl groups is 1. The third kappa shape index (κ3) is 3.07. The Balaban J connectivity index is 1.19. The van der Waals surface area contributed by atoms with Crippen LogP contribution < -0.4 is 15.6 Å². The third-order valence-corrected chi connectivity index (χ3v) is 10.3. The molecule has 9 heteroatoms. The van der Waals surface area contributed by atoms with Gasteiger partial charge in [0.15, 0.2) is 23.4 Å². The first kappa shape index (κ1) is 24.1. The Hall–Kier alpha value is -3.69. The van der Waals surface area contributed by atoms with Crippen molar-refractivity contribution in [3.63, 3.8) is 0 Å². The molecule has 5 aliphatic rings. The van der Waals surface area contributed by atoms with E-state index in [2.05, 4.69) is 15.2 Å². The minimum Gasteiger partial charge on any atom is -0.504 e. The van der Waals surface area contributed by atoms with Crippen LogP contribution in [0.4, 0.5) is 5.69 Å². The Morgan fingerprint density at radius 3 is 2.83 bits per heavy atom. The molecule has 1 saturated heterocycles. The fourth-order valence-electron chi connectivity index (χ4n) is 8.27. The van der Waals surface area contributed by atoms with Gasteiger partial charge in [-0.2, -0.15) is 0 Å². The van der Waals surface area contributed by atoms with Crippen molar-refractivity contribution in [3.8, 4) is 11.5 Å². The summed E-state index contributed by atoms with van der Waals surface area (Å²) in [6.07, 6.45) is 2.41. The third-order valence-electron chi connectivity index (χ3n) is 10.3. The number of anilines is 1. The molecule has 8 rings (SSSR count). The van der Waals surface area contributed by atoms with Crippen molar-refractivity contribution in [1.29, 1.82) is 0 Å². The van der Waals surface area contributed by atoms with E-state index in [1.807, 2.05) is 19.1 Å². The number of aromatic amines is 1. The molecule has 3 heterocycles. The molecule has 4 N–H and O–H groups in total. The highest BCUT2D eigenvalue weighted by Gasteiger charge is 2.75. The molecule has 206 valence electrons. The molecule has 40 heavy (non-hydrogen) atoms. The molecule has 3 aromatic rings. The van der Waals surface area contributed by atoms with Crippen LogP contribution in [0.2, 0.25) is 0 Å². The van der Waals surface area contributed by atoms with Crippen LogP contribution in [0, 0.1) is 18.8 Å². The second kappa shape index (κ2) is 7.95. The number of pyridine rings is 1. The number of carbonyl (C=O) groups is 2. The molecule has 1 unspecified atom stereocenters. The quantitative estimate of drug-likeness (QED) is 0.373. The number of phenols is 1. The van der Waals surface area contributed by atoms with Crippen molar-refractivity contribution in [2.45, 2.75) is 62.2 Å². The second-order valence-corrected chi connectivity index (χ2v) is 12.5. The summed E-state index contributed by atoms with van der Waals surface area (Å²) in [7, 11) is 0. The maximum Gasteiger partial charge on any atom is 0.248 e. The smallest absolute Gasteiger partial charge is 0.248 e. The van der Waals surface area contributed by atoms with Crippen molar-refractivity contribution in [2.24, 2.45) is 11.8 Å². The van der Waals surface area contributed by atoms with Gasteiger partial charge in [0.2, 0.25) is 11.5 Å². The molecule has 1 amide bonds. The topological polar surface area (TPSA) is 132 Å². The standard InChI is InChI=1S/C31H31N3O6/c1-15-10-24(36)33-21-12-18(5-6-19(15)21)32-29(38)20-13-31(39)23-11-17-4-7-22(35)27-25(17)30(31,28(40-27)26(20)37)8-9-34(23)14-16-2-3-16/h4-7,10,12,16,20,23,28,35,39H,2-3,8-9,11,13-14H2,1H3,(H,32,38)(H,33,36)/t20?,23-,28+,30+,31-/m1/s1. The average molecular weight is 542 g/mol. The number of rotatable bonds is 4. The number of H-pyrrole nitrogens is 1. The molecule has 3 fully saturated rings. The molecule has 2 saturated carbocycles. The van der Waals surface area contributed by atoms with Gasteiger partial charge < -0.3 is 25.3 Å². The van der Waals surface area contributed by atoms with Gasteiger partial charge in [-0.05, 0) is 80.8 Å². The number of nitrogens with zero attached hydrogens (tertiary/aromatic N) is 1. The maximum absolute atomic E-state index is 14.1. The normalized spacial score (nSPS) is 32.0. The average Bonchev–Trinajstić information content (AvgIpc) is 3.65. The SMILES string of the molecule is Cc1cc(=O)[nH]c2cc(NC(=O)C3C[C@@]4(O)[C@H]5Cc6ccc(O)c7c6[C@@]4(CCN5CC4CC4)[C@@H](O7)C3=O)ccc12. The summed E-state index contributed by atoms with van der Waals surface area (Å²) in [5, 5.41) is 27.2. The molecule has 5 atom stereocenters. The van der Waals surface area contributed by atoms with Crippen LogP contribution >= 0.6 is 0 Å². The molecule has 3 aliphatic carbocycles. The first-order valence-corrected chi connectivity index (χ1v) is 14.2. The summed E-state index contributed by atoms with van der Waals surface area (Å²) in [5.74, 6) is -1.15. The minimum atomic E-state index is -1.38. The molecule has 0 radical (unpaired) electrons. The number of Topliss-reactive ketones (excluding diaryl/α,β-unsaturated/α-hetero) is 1. The molecule has 1 aromatic heterocycles. The highest BCUT2D eigenvalue weighted by Crippen LogP contribution is 2.65. The van der Waals surface area contributed by atoms with Crippen molar-refractivity contribution in [3.05, 3.63) is 63.4 Å². The van der Waals surface area contributed by atoms with Crippen molar-refractivity contribution in [1.82, 2.24) is 9.88 Å². The van der Waals surface area contributed by atoms with Crippen LogP contribution in [-0.4, -0.2) is 62.6 Å². The Morgan fingerprint density at radius 2 is 2.02 bits per heavy atom. The molecule has 2 aromatic carbocycles. The highest BCUT2D eigenvalue weighted by molar-refractivity contribution is 6.11. The van der Waals surface area contributed by atoms with Gasteiger partial charge >= 0.3 is 0 Å². The van der Waals surface area contributed by atoms with E-state index < -0.39 is 28.9 Å². The predicted octanol–water partition coefficient (Wildman–Crippen LogP) is 2.54. The van der Waals surface area contributed by atoms with Gasteiger partial charge in [0.1, 0.15) is 5.92 Å². The summed E-state index contributed by atoms with van der Waals surface area (Å²) in [4.78, 5) is 45.0. The number of aryl methyl sites for hydroxylation is 1. The van der Waals surface area contributed by atoms with Gasteiger partial charge in [0.05, 0.1) is 16.5 Å². The van der Waals surface area contributed by atoms with Gasteiger partial charge in [0, 0.05) is 35.3 Å². The maximum atomic E-state index is 14.1. The van der Waals surface area contributed by atoms with Gasteiger partial charge in [-0.15, -0.1) is 0 Å². The summed E-state index contributed by atoms with van der Waals surface area (Å²) in [6, 6.07) is 10.0. The minimum absolute atomic E-state index is 0.0125. The number of piperidine rings is 1. The summed E-state index contributed by atoms with van der Waals surface area (Å²) < 4.78 is 6.23. The van der Waals surface area contributed by atoms with Crippen LogP contribution in [-0.2, 0) is 21.4 Å².